The molecule has 0 amide bonds. The van der Waals surface area contributed by atoms with Crippen LogP contribution in [0.15, 0.2) is 18.2 Å². The lowest BCUT2D eigenvalue weighted by Crippen LogP contribution is -2.20. The molecule has 20 heavy (non-hydrogen) atoms. The summed E-state index contributed by atoms with van der Waals surface area (Å²) in [6.07, 6.45) is 0.864. The number of aromatic nitrogens is 2. The van der Waals surface area contributed by atoms with Gasteiger partial charge >= 0.3 is 0 Å². The molecular weight excluding hydrogens is 270 g/mol. The molecule has 4 heteroatoms. The number of benzene rings is 1. The van der Waals surface area contributed by atoms with Gasteiger partial charge in [-0.25, -0.2) is 0 Å². The van der Waals surface area contributed by atoms with E-state index in [-0.39, 0.29) is 6.04 Å². The average molecular weight is 292 g/mol. The highest BCUT2D eigenvalue weighted by molar-refractivity contribution is 6.31. The van der Waals surface area contributed by atoms with Crippen molar-refractivity contribution < 1.29 is 0 Å². The first-order valence-electron chi connectivity index (χ1n) is 6.86. The summed E-state index contributed by atoms with van der Waals surface area (Å²) in [6, 6.07) is 6.47. The molecule has 0 fully saturated rings. The van der Waals surface area contributed by atoms with Gasteiger partial charge in [0, 0.05) is 29.4 Å². The Kier molecular flexibility index (Phi) is 4.51. The fourth-order valence-corrected chi connectivity index (χ4v) is 2.99. The third-order valence-electron chi connectivity index (χ3n) is 3.89. The molecule has 0 bridgehead atoms. The summed E-state index contributed by atoms with van der Waals surface area (Å²) in [5, 5.41) is 8.73. The maximum absolute atomic E-state index is 6.35. The molecule has 1 heterocycles. The summed E-state index contributed by atoms with van der Waals surface area (Å²) in [5.41, 5.74) is 5.90. The molecular formula is C16H22ClN3. The summed E-state index contributed by atoms with van der Waals surface area (Å²) in [4.78, 5) is 0. The molecule has 1 aromatic carbocycles. The van der Waals surface area contributed by atoms with E-state index in [1.54, 1.807) is 0 Å². The fraction of sp³-hybridized carbons (Fsp3) is 0.438. The number of nitrogens with one attached hydrogen (secondary N) is 1. The average Bonchev–Trinajstić information content (AvgIpc) is 2.63. The third-order valence-corrected chi connectivity index (χ3v) is 4.25. The summed E-state index contributed by atoms with van der Waals surface area (Å²) >= 11 is 6.35. The monoisotopic (exact) mass is 291 g/mol. The lowest BCUT2D eigenvalue weighted by atomic mass is 9.97. The molecule has 2 rings (SSSR count). The highest BCUT2D eigenvalue weighted by Gasteiger charge is 2.20. The van der Waals surface area contributed by atoms with Crippen molar-refractivity contribution in [3.63, 3.8) is 0 Å². The van der Waals surface area contributed by atoms with Crippen LogP contribution >= 0.6 is 11.6 Å². The normalized spacial score (nSPS) is 12.7. The molecule has 0 aliphatic heterocycles. The Bertz CT molecular complexity index is 616. The Hall–Kier alpha value is -1.32. The SMILES string of the molecule is CNC(Cc1ccc(C)cc1Cl)c1c(C)nn(C)c1C. The van der Waals surface area contributed by atoms with Gasteiger partial charge in [-0.3, -0.25) is 4.68 Å². The highest BCUT2D eigenvalue weighted by atomic mass is 35.5. The van der Waals surface area contributed by atoms with Gasteiger partial charge in [0.1, 0.15) is 0 Å². The number of nitrogens with zero attached hydrogens (tertiary/aromatic N) is 2. The van der Waals surface area contributed by atoms with Crippen LogP contribution in [0.5, 0.6) is 0 Å². The van der Waals surface area contributed by atoms with Crippen LogP contribution in [0.25, 0.3) is 0 Å². The first-order chi connectivity index (χ1) is 9.43. The van der Waals surface area contributed by atoms with Gasteiger partial charge in [0.15, 0.2) is 0 Å². The lowest BCUT2D eigenvalue weighted by molar-refractivity contribution is 0.584. The van der Waals surface area contributed by atoms with Crippen LogP contribution in [0.1, 0.15) is 34.1 Å². The summed E-state index contributed by atoms with van der Waals surface area (Å²) < 4.78 is 1.94. The van der Waals surface area contributed by atoms with E-state index >= 15 is 0 Å². The molecule has 108 valence electrons. The number of likely N-dealkylation sites (N-methyl/N-ethyl adjacent to an activating group) is 1. The van der Waals surface area contributed by atoms with Crippen LogP contribution in [0.2, 0.25) is 5.02 Å². The second-order valence-corrected chi connectivity index (χ2v) is 5.76. The van der Waals surface area contributed by atoms with Crippen LogP contribution < -0.4 is 5.32 Å². The first kappa shape index (κ1) is 15.1. The zero-order valence-corrected chi connectivity index (χ0v) is 13.5. The fourth-order valence-electron chi connectivity index (χ4n) is 2.68. The minimum atomic E-state index is 0.226. The summed E-state index contributed by atoms with van der Waals surface area (Å²) in [6.45, 7) is 6.22. The molecule has 0 aliphatic carbocycles. The molecule has 3 nitrogen and oxygen atoms in total. The van der Waals surface area contributed by atoms with Crippen molar-refractivity contribution in [3.05, 3.63) is 51.3 Å². The largest absolute Gasteiger partial charge is 0.313 e. The summed E-state index contributed by atoms with van der Waals surface area (Å²) in [7, 11) is 3.97. The molecule has 0 radical (unpaired) electrons. The zero-order chi connectivity index (χ0) is 14.9. The van der Waals surface area contributed by atoms with Crippen molar-refractivity contribution >= 4 is 11.6 Å². The van der Waals surface area contributed by atoms with Crippen LogP contribution in [0, 0.1) is 20.8 Å². The van der Waals surface area contributed by atoms with E-state index in [1.807, 2.05) is 24.8 Å². The molecule has 0 aliphatic rings. The van der Waals surface area contributed by atoms with Gasteiger partial charge in [-0.05, 0) is 51.4 Å². The molecule has 1 aromatic heterocycles. The molecule has 0 spiro atoms. The Balaban J connectivity index is 2.33. The number of halogens is 1. The molecule has 2 aromatic rings. The number of hydrogen-bond acceptors (Lipinski definition) is 2. The van der Waals surface area contributed by atoms with Crippen molar-refractivity contribution in [3.8, 4) is 0 Å². The maximum Gasteiger partial charge on any atom is 0.0644 e. The van der Waals surface area contributed by atoms with Crippen LogP contribution in [-0.2, 0) is 13.5 Å². The summed E-state index contributed by atoms with van der Waals surface area (Å²) in [5.74, 6) is 0. The van der Waals surface area contributed by atoms with Gasteiger partial charge in [0.2, 0.25) is 0 Å². The minimum Gasteiger partial charge on any atom is -0.313 e. The first-order valence-corrected chi connectivity index (χ1v) is 7.24. The zero-order valence-electron chi connectivity index (χ0n) is 12.8. The molecule has 1 N–H and O–H groups in total. The second-order valence-electron chi connectivity index (χ2n) is 5.35. The Morgan fingerprint density at radius 3 is 2.50 bits per heavy atom. The second kappa shape index (κ2) is 5.98. The van der Waals surface area contributed by atoms with E-state index < -0.39 is 0 Å². The van der Waals surface area contributed by atoms with E-state index in [0.717, 1.165) is 17.1 Å². The topological polar surface area (TPSA) is 29.9 Å². The van der Waals surface area contributed by atoms with E-state index in [9.17, 15) is 0 Å². The highest BCUT2D eigenvalue weighted by Crippen LogP contribution is 2.27. The maximum atomic E-state index is 6.35. The number of aryl methyl sites for hydroxylation is 3. The molecule has 1 unspecified atom stereocenters. The van der Waals surface area contributed by atoms with Crippen LogP contribution in [0.3, 0.4) is 0 Å². The van der Waals surface area contributed by atoms with Crippen molar-refractivity contribution in [1.29, 1.82) is 0 Å². The van der Waals surface area contributed by atoms with E-state index in [2.05, 4.69) is 43.3 Å². The van der Waals surface area contributed by atoms with Gasteiger partial charge in [-0.15, -0.1) is 0 Å². The van der Waals surface area contributed by atoms with Gasteiger partial charge in [-0.2, -0.15) is 5.10 Å². The number of hydrogen-bond donors (Lipinski definition) is 1. The number of rotatable bonds is 4. The smallest absolute Gasteiger partial charge is 0.0644 e. The van der Waals surface area contributed by atoms with Gasteiger partial charge in [0.05, 0.1) is 5.69 Å². The molecule has 0 saturated heterocycles. The van der Waals surface area contributed by atoms with E-state index in [4.69, 9.17) is 11.6 Å². The Labute approximate surface area is 126 Å². The van der Waals surface area contributed by atoms with E-state index in [0.29, 0.717) is 0 Å². The van der Waals surface area contributed by atoms with Crippen molar-refractivity contribution in [2.24, 2.45) is 7.05 Å². The van der Waals surface area contributed by atoms with Crippen molar-refractivity contribution in [2.45, 2.75) is 33.2 Å². The third kappa shape index (κ3) is 2.89. The molecule has 0 saturated carbocycles. The lowest BCUT2D eigenvalue weighted by Gasteiger charge is -2.18. The van der Waals surface area contributed by atoms with Gasteiger partial charge < -0.3 is 5.32 Å². The van der Waals surface area contributed by atoms with E-state index in [1.165, 1.54) is 22.4 Å². The predicted octanol–water partition coefficient (Wildman–Crippen LogP) is 3.50. The van der Waals surface area contributed by atoms with Gasteiger partial charge in [-0.1, -0.05) is 23.7 Å². The van der Waals surface area contributed by atoms with Crippen molar-refractivity contribution in [1.82, 2.24) is 15.1 Å². The quantitative estimate of drug-likeness (QED) is 0.934. The standard InChI is InChI=1S/C16H22ClN3/c1-10-6-7-13(14(17)8-10)9-15(18-4)16-11(2)19-20(5)12(16)3/h6-8,15,18H,9H2,1-5H3. The minimum absolute atomic E-state index is 0.226. The molecule has 1 atom stereocenters. The Morgan fingerprint density at radius 2 is 2.00 bits per heavy atom. The van der Waals surface area contributed by atoms with Crippen LogP contribution in [-0.4, -0.2) is 16.8 Å². The van der Waals surface area contributed by atoms with Gasteiger partial charge in [0.25, 0.3) is 0 Å². The Morgan fingerprint density at radius 1 is 1.30 bits per heavy atom. The predicted molar refractivity (Wildman–Crippen MR) is 84.4 cm³/mol. The van der Waals surface area contributed by atoms with Crippen molar-refractivity contribution in [2.75, 3.05) is 7.05 Å². The van der Waals surface area contributed by atoms with Crippen LogP contribution in [0.4, 0.5) is 0 Å².